The largest absolute Gasteiger partial charge is 0.383 e. The minimum Gasteiger partial charge on any atom is -0.383 e. The van der Waals surface area contributed by atoms with Crippen LogP contribution in [0.3, 0.4) is 0 Å². The highest BCUT2D eigenvalue weighted by Gasteiger charge is 2.28. The highest BCUT2D eigenvalue weighted by molar-refractivity contribution is 9.10. The van der Waals surface area contributed by atoms with Crippen LogP contribution in [0.4, 0.5) is 5.69 Å². The molecule has 2 N–H and O–H groups in total. The summed E-state index contributed by atoms with van der Waals surface area (Å²) in [5.74, 6) is 0.460. The monoisotopic (exact) mass is 333 g/mol. The maximum atomic E-state index is 11.5. The molecule has 3 rings (SSSR count). The van der Waals surface area contributed by atoms with E-state index in [1.807, 2.05) is 24.3 Å². The SMILES string of the molecule is O=C(NCCNc1ccnc2ccc(Br)cc12)C1CC1. The standard InChI is InChI=1S/C15H16BrN3O/c16-11-3-4-13-12(9-11)14(5-6-17-13)18-7-8-19-15(20)10-1-2-10/h3-6,9-10H,1-2,7-8H2,(H,17,18)(H,19,20). The molecule has 0 radical (unpaired) electrons. The van der Waals surface area contributed by atoms with E-state index in [1.54, 1.807) is 6.20 Å². The molecule has 1 aliphatic carbocycles. The van der Waals surface area contributed by atoms with Crippen molar-refractivity contribution in [2.24, 2.45) is 5.92 Å². The van der Waals surface area contributed by atoms with E-state index in [0.717, 1.165) is 33.9 Å². The first kappa shape index (κ1) is 13.4. The lowest BCUT2D eigenvalue weighted by Crippen LogP contribution is -2.29. The quantitative estimate of drug-likeness (QED) is 0.827. The number of rotatable bonds is 5. The Bertz CT molecular complexity index is 640. The van der Waals surface area contributed by atoms with Gasteiger partial charge in [-0.2, -0.15) is 0 Å². The van der Waals surface area contributed by atoms with Crippen LogP contribution in [-0.2, 0) is 4.79 Å². The number of carbonyl (C=O) groups is 1. The summed E-state index contributed by atoms with van der Waals surface area (Å²) in [6.45, 7) is 1.36. The van der Waals surface area contributed by atoms with Gasteiger partial charge in [-0.15, -0.1) is 0 Å². The molecule has 5 heteroatoms. The van der Waals surface area contributed by atoms with Crippen LogP contribution in [0.2, 0.25) is 0 Å². The molecule has 0 spiro atoms. The second-order valence-corrected chi connectivity index (χ2v) is 5.93. The molecule has 1 fully saturated rings. The molecule has 0 aliphatic heterocycles. The first-order valence-corrected chi connectivity index (χ1v) is 7.59. The normalized spacial score (nSPS) is 14.2. The molecule has 4 nitrogen and oxygen atoms in total. The van der Waals surface area contributed by atoms with Crippen LogP contribution >= 0.6 is 15.9 Å². The Balaban J connectivity index is 1.62. The number of nitrogens with one attached hydrogen (secondary N) is 2. The van der Waals surface area contributed by atoms with E-state index < -0.39 is 0 Å². The third kappa shape index (κ3) is 3.10. The number of aromatic nitrogens is 1. The number of amides is 1. The fraction of sp³-hybridized carbons (Fsp3) is 0.333. The van der Waals surface area contributed by atoms with Crippen molar-refractivity contribution in [2.75, 3.05) is 18.4 Å². The second kappa shape index (κ2) is 5.79. The van der Waals surface area contributed by atoms with Gasteiger partial charge in [0.25, 0.3) is 0 Å². The Kier molecular flexibility index (Phi) is 3.87. The van der Waals surface area contributed by atoms with Gasteiger partial charge in [0.15, 0.2) is 0 Å². The first-order chi connectivity index (χ1) is 9.74. The zero-order chi connectivity index (χ0) is 13.9. The zero-order valence-electron chi connectivity index (χ0n) is 11.0. The summed E-state index contributed by atoms with van der Waals surface area (Å²) >= 11 is 3.48. The fourth-order valence-electron chi connectivity index (χ4n) is 2.15. The fourth-order valence-corrected chi connectivity index (χ4v) is 2.51. The predicted octanol–water partition coefficient (Wildman–Crippen LogP) is 2.94. The number of hydrogen-bond acceptors (Lipinski definition) is 3. The molecule has 0 bridgehead atoms. The minimum atomic E-state index is 0.189. The van der Waals surface area contributed by atoms with E-state index in [0.29, 0.717) is 13.1 Å². The summed E-state index contributed by atoms with van der Waals surface area (Å²) in [6.07, 6.45) is 3.88. The van der Waals surface area contributed by atoms with E-state index in [9.17, 15) is 4.79 Å². The molecule has 104 valence electrons. The number of fused-ring (bicyclic) bond motifs is 1. The summed E-state index contributed by atoms with van der Waals surface area (Å²) in [5.41, 5.74) is 2.00. The number of benzene rings is 1. The molecule has 0 saturated heterocycles. The molecule has 20 heavy (non-hydrogen) atoms. The van der Waals surface area contributed by atoms with Gasteiger partial charge < -0.3 is 10.6 Å². The van der Waals surface area contributed by atoms with Crippen molar-refractivity contribution < 1.29 is 4.79 Å². The van der Waals surface area contributed by atoms with E-state index in [4.69, 9.17) is 0 Å². The zero-order valence-corrected chi connectivity index (χ0v) is 12.6. The predicted molar refractivity (Wildman–Crippen MR) is 83.7 cm³/mol. The smallest absolute Gasteiger partial charge is 0.223 e. The van der Waals surface area contributed by atoms with Crippen LogP contribution in [0.1, 0.15) is 12.8 Å². The Morgan fingerprint density at radius 1 is 1.30 bits per heavy atom. The lowest BCUT2D eigenvalue weighted by Gasteiger charge is -2.10. The van der Waals surface area contributed by atoms with Crippen LogP contribution < -0.4 is 10.6 Å². The molecular weight excluding hydrogens is 318 g/mol. The molecule has 0 unspecified atom stereocenters. The maximum absolute atomic E-state index is 11.5. The van der Waals surface area contributed by atoms with E-state index in [2.05, 4.69) is 31.5 Å². The van der Waals surface area contributed by atoms with Gasteiger partial charge in [-0.05, 0) is 37.1 Å². The average Bonchev–Trinajstić information content (AvgIpc) is 3.28. The van der Waals surface area contributed by atoms with Gasteiger partial charge in [0.1, 0.15) is 0 Å². The maximum Gasteiger partial charge on any atom is 0.223 e. The number of hydrogen-bond donors (Lipinski definition) is 2. The van der Waals surface area contributed by atoms with Crippen molar-refractivity contribution in [3.05, 3.63) is 34.9 Å². The summed E-state index contributed by atoms with van der Waals surface area (Å²) in [6, 6.07) is 7.97. The Hall–Kier alpha value is -1.62. The van der Waals surface area contributed by atoms with E-state index in [1.165, 1.54) is 0 Å². The number of carbonyl (C=O) groups excluding carboxylic acids is 1. The summed E-state index contributed by atoms with van der Waals surface area (Å²) in [5, 5.41) is 7.38. The van der Waals surface area contributed by atoms with Gasteiger partial charge in [0.05, 0.1) is 5.52 Å². The molecular formula is C15H16BrN3O. The van der Waals surface area contributed by atoms with E-state index in [-0.39, 0.29) is 11.8 Å². The van der Waals surface area contributed by atoms with Crippen molar-refractivity contribution in [3.63, 3.8) is 0 Å². The van der Waals surface area contributed by atoms with Crippen molar-refractivity contribution in [3.8, 4) is 0 Å². The molecule has 1 saturated carbocycles. The van der Waals surface area contributed by atoms with Crippen LogP contribution in [-0.4, -0.2) is 24.0 Å². The topological polar surface area (TPSA) is 54.0 Å². The molecule has 1 aromatic heterocycles. The molecule has 0 atom stereocenters. The molecule has 1 aliphatic rings. The van der Waals surface area contributed by atoms with Gasteiger partial charge in [-0.25, -0.2) is 0 Å². The number of anilines is 1. The number of halogens is 1. The van der Waals surface area contributed by atoms with Gasteiger partial charge in [-0.3, -0.25) is 9.78 Å². The third-order valence-corrected chi connectivity index (χ3v) is 3.88. The van der Waals surface area contributed by atoms with Crippen LogP contribution in [0.5, 0.6) is 0 Å². The van der Waals surface area contributed by atoms with Crippen LogP contribution in [0, 0.1) is 5.92 Å². The molecule has 2 aromatic rings. The van der Waals surface area contributed by atoms with Gasteiger partial charge in [0.2, 0.25) is 5.91 Å². The first-order valence-electron chi connectivity index (χ1n) is 6.80. The highest BCUT2D eigenvalue weighted by Crippen LogP contribution is 2.28. The van der Waals surface area contributed by atoms with Crippen molar-refractivity contribution in [1.82, 2.24) is 10.3 Å². The van der Waals surface area contributed by atoms with Crippen molar-refractivity contribution in [1.29, 1.82) is 0 Å². The van der Waals surface area contributed by atoms with E-state index >= 15 is 0 Å². The number of pyridine rings is 1. The van der Waals surface area contributed by atoms with Crippen LogP contribution in [0.25, 0.3) is 10.9 Å². The lowest BCUT2D eigenvalue weighted by atomic mass is 10.2. The lowest BCUT2D eigenvalue weighted by molar-refractivity contribution is -0.122. The van der Waals surface area contributed by atoms with Crippen molar-refractivity contribution >= 4 is 38.4 Å². The van der Waals surface area contributed by atoms with Gasteiger partial charge in [0, 0.05) is 40.8 Å². The molecule has 1 heterocycles. The minimum absolute atomic E-state index is 0.189. The average molecular weight is 334 g/mol. The summed E-state index contributed by atoms with van der Waals surface area (Å²) in [7, 11) is 0. The Morgan fingerprint density at radius 3 is 2.95 bits per heavy atom. The second-order valence-electron chi connectivity index (χ2n) is 5.01. The van der Waals surface area contributed by atoms with Gasteiger partial charge in [-0.1, -0.05) is 15.9 Å². The molecule has 1 amide bonds. The Morgan fingerprint density at radius 2 is 2.15 bits per heavy atom. The van der Waals surface area contributed by atoms with Gasteiger partial charge >= 0.3 is 0 Å². The highest BCUT2D eigenvalue weighted by atomic mass is 79.9. The number of nitrogens with zero attached hydrogens (tertiary/aromatic N) is 1. The van der Waals surface area contributed by atoms with Crippen LogP contribution in [0.15, 0.2) is 34.9 Å². The summed E-state index contributed by atoms with van der Waals surface area (Å²) < 4.78 is 1.03. The Labute approximate surface area is 126 Å². The summed E-state index contributed by atoms with van der Waals surface area (Å²) in [4.78, 5) is 15.9. The molecule has 1 aromatic carbocycles. The van der Waals surface area contributed by atoms with Crippen molar-refractivity contribution in [2.45, 2.75) is 12.8 Å². The third-order valence-electron chi connectivity index (χ3n) is 3.39.